The Morgan fingerprint density at radius 1 is 0.434 bits per heavy atom. The summed E-state index contributed by atoms with van der Waals surface area (Å²) in [6, 6.07) is 29.2. The number of hydrogen-bond donors (Lipinski definition) is 0. The molecule has 0 unspecified atom stereocenters. The molecule has 83 heavy (non-hydrogen) atoms. The van der Waals surface area contributed by atoms with Crippen molar-refractivity contribution in [3.63, 3.8) is 0 Å². The van der Waals surface area contributed by atoms with Gasteiger partial charge in [0.15, 0.2) is 0 Å². The van der Waals surface area contributed by atoms with Crippen molar-refractivity contribution in [3.05, 3.63) is 271 Å². The molecule has 3 heterocycles. The topological polar surface area (TPSA) is 35.9 Å². The van der Waals surface area contributed by atoms with E-state index in [2.05, 4.69) is 70.6 Å². The van der Waals surface area contributed by atoms with E-state index in [1.165, 1.54) is 0 Å². The first-order chi connectivity index (χ1) is 47.5. The highest BCUT2D eigenvalue weighted by Crippen LogP contribution is 2.44. The summed E-state index contributed by atoms with van der Waals surface area (Å²) >= 11 is 0. The second kappa shape index (κ2) is 20.8. The Morgan fingerprint density at radius 2 is 1.01 bits per heavy atom. The molecule has 13 aromatic rings. The molecule has 0 spiro atoms. The first kappa shape index (κ1) is 36.0. The second-order valence-corrected chi connectivity index (χ2v) is 23.8. The van der Waals surface area contributed by atoms with E-state index in [9.17, 15) is 12.3 Å². The molecule has 13 rings (SSSR count). The van der Waals surface area contributed by atoms with Gasteiger partial charge in [0.2, 0.25) is 0 Å². The lowest BCUT2D eigenvalue weighted by Crippen LogP contribution is -2.32. The van der Waals surface area contributed by atoms with Gasteiger partial charge in [-0.2, -0.15) is 0 Å². The predicted molar refractivity (Wildman–Crippen MR) is 346 cm³/mol. The summed E-state index contributed by atoms with van der Waals surface area (Å²) in [6.07, 6.45) is 5.44. The Morgan fingerprint density at radius 3 is 1.67 bits per heavy atom. The van der Waals surface area contributed by atoms with E-state index >= 15 is 0 Å². The number of nitrogens with zero attached hydrogens (tertiary/aromatic N) is 4. The first-order valence-corrected chi connectivity index (χ1v) is 27.5. The Bertz CT molecular complexity index is 5510. The molecular weight excluding hydrogens is 1010 g/mol. The van der Waals surface area contributed by atoms with Crippen LogP contribution in [0.1, 0.15) is 104 Å². The number of aromatic nitrogens is 4. The van der Waals surface area contributed by atoms with E-state index in [1.54, 1.807) is 51.6 Å². The van der Waals surface area contributed by atoms with Crippen LogP contribution >= 0.6 is 0 Å². The van der Waals surface area contributed by atoms with Crippen molar-refractivity contribution in [1.82, 2.24) is 14.1 Å². The van der Waals surface area contributed by atoms with Crippen molar-refractivity contribution in [2.24, 2.45) is 0 Å². The second-order valence-electron chi connectivity index (χ2n) is 23.8. The fraction of sp³-hybridized carbons (Fsp3) is 0.154. The molecule has 0 N–H and O–H groups in total. The van der Waals surface area contributed by atoms with Crippen molar-refractivity contribution in [2.75, 3.05) is 0 Å². The van der Waals surface area contributed by atoms with Gasteiger partial charge in [-0.3, -0.25) is 13.7 Å². The smallest absolute Gasteiger partial charge is 0.269 e. The molecule has 0 saturated carbocycles. The summed E-state index contributed by atoms with van der Waals surface area (Å²) in [5.41, 5.74) is 3.13. The Kier molecular flexibility index (Phi) is 9.00. The average Bonchev–Trinajstić information content (AvgIpc) is 1.41. The van der Waals surface area contributed by atoms with Crippen LogP contribution in [0.2, 0.25) is 0 Å². The molecule has 10 aromatic carbocycles. The lowest BCUT2D eigenvalue weighted by molar-refractivity contribution is -0.571. The number of hydrogen-bond acceptors (Lipinski definition) is 2. The van der Waals surface area contributed by atoms with E-state index in [1.807, 2.05) is 99.8 Å². The zero-order chi connectivity index (χ0) is 72.9. The van der Waals surface area contributed by atoms with Crippen LogP contribution in [-0.4, -0.2) is 14.1 Å². The largest absolute Gasteiger partial charge is 0.458 e. The maximum absolute atomic E-state index is 10.5. The van der Waals surface area contributed by atoms with Crippen molar-refractivity contribution in [3.8, 4) is 84.3 Å². The van der Waals surface area contributed by atoms with E-state index < -0.39 is 142 Å². The highest BCUT2D eigenvalue weighted by atomic mass is 16.5. The monoisotopic (exact) mass is 1090 g/mol. The summed E-state index contributed by atoms with van der Waals surface area (Å²) in [6.45, 7) is 18.6. The van der Waals surface area contributed by atoms with Crippen molar-refractivity contribution in [2.45, 2.75) is 78.6 Å². The molecule has 0 aliphatic carbocycles. The molecule has 0 amide bonds. The van der Waals surface area contributed by atoms with Crippen molar-refractivity contribution in [1.29, 1.82) is 0 Å². The third-order valence-electron chi connectivity index (χ3n) is 15.0. The highest BCUT2D eigenvalue weighted by Gasteiger charge is 2.27. The third kappa shape index (κ3) is 10.2. The van der Waals surface area contributed by atoms with Crippen LogP contribution < -0.4 is 9.30 Å². The van der Waals surface area contributed by atoms with Gasteiger partial charge in [-0.15, -0.1) is 0 Å². The van der Waals surface area contributed by atoms with Crippen LogP contribution in [0.15, 0.2) is 248 Å². The molecular formula is C78H68N4O. The van der Waals surface area contributed by atoms with Crippen LogP contribution in [0.3, 0.4) is 0 Å². The summed E-state index contributed by atoms with van der Waals surface area (Å²) < 4.78 is 178. The number of benzene rings is 10. The van der Waals surface area contributed by atoms with Gasteiger partial charge in [-0.05, 0) is 161 Å². The molecule has 0 bridgehead atoms. The molecule has 0 radical (unpaired) electrons. The quantitative estimate of drug-likeness (QED) is 0.101. The van der Waals surface area contributed by atoms with Gasteiger partial charge in [0.1, 0.15) is 17.3 Å². The van der Waals surface area contributed by atoms with Crippen LogP contribution in [0.25, 0.3) is 106 Å². The first-order valence-electron chi connectivity index (χ1n) is 36.5. The van der Waals surface area contributed by atoms with Gasteiger partial charge in [0.25, 0.3) is 6.33 Å². The molecule has 3 aromatic heterocycles. The maximum Gasteiger partial charge on any atom is 0.269 e. The number of fused-ring (bicyclic) bond motifs is 4. The summed E-state index contributed by atoms with van der Waals surface area (Å²) in [7, 11) is 0. The average molecular weight is 1100 g/mol. The van der Waals surface area contributed by atoms with Gasteiger partial charge in [-0.1, -0.05) is 226 Å². The Labute approximate surface area is 513 Å². The van der Waals surface area contributed by atoms with Gasteiger partial charge in [0, 0.05) is 23.0 Å². The third-order valence-corrected chi connectivity index (χ3v) is 15.0. The van der Waals surface area contributed by atoms with Crippen LogP contribution in [0.5, 0.6) is 11.5 Å². The van der Waals surface area contributed by atoms with Crippen LogP contribution in [0.4, 0.5) is 0 Å². The molecule has 5 nitrogen and oxygen atoms in total. The number of rotatable bonds is 10. The summed E-state index contributed by atoms with van der Waals surface area (Å²) in [5.74, 6) is 1.59. The fourth-order valence-electron chi connectivity index (χ4n) is 10.6. The van der Waals surface area contributed by atoms with Crippen LogP contribution in [-0.2, 0) is 16.2 Å². The standard InChI is InChI=1S/C78H68N4O/c1-76(2,3)60-30-21-29-56(44-60)68-46-62(78(7,8)9)47-69(59-42-57(53-25-15-11-16-26-53)41-58(43-59)54-27-17-12-18-28-54)75(68)81-51-80(73-45-55(35-38-71(73)81)52-23-13-10-14-24-52)63-31-22-32-64(49-63)83-65-36-37-67-66-33-19-20-34-70(66)82(72(67)50-65)74-48-61(39-40-79-74)77(4,5)6/h10-50H,1-9H3/i10D,11D,12D,13D,14D,15D,16D,17D,18D,23D,24D,25D,26D,27D,28D,41D,42D,43D. The Hall–Kier alpha value is -9.58. The van der Waals surface area contributed by atoms with Gasteiger partial charge < -0.3 is 4.74 Å². The number of imidazole rings is 1. The lowest BCUT2D eigenvalue weighted by Gasteiger charge is -2.26. The highest BCUT2D eigenvalue weighted by molar-refractivity contribution is 6.09. The zero-order valence-electron chi connectivity index (χ0n) is 65.5. The lowest BCUT2D eigenvalue weighted by atomic mass is 9.80. The minimum absolute atomic E-state index is 0.0750. The van der Waals surface area contributed by atoms with E-state index in [0.717, 1.165) is 38.8 Å². The molecule has 0 atom stereocenters. The van der Waals surface area contributed by atoms with Gasteiger partial charge >= 0.3 is 0 Å². The fourth-order valence-corrected chi connectivity index (χ4v) is 10.6. The summed E-state index contributed by atoms with van der Waals surface area (Å²) in [4.78, 5) is 4.87. The zero-order valence-corrected chi connectivity index (χ0v) is 47.5. The van der Waals surface area contributed by atoms with E-state index in [0.29, 0.717) is 44.9 Å². The van der Waals surface area contributed by atoms with Crippen molar-refractivity contribution < 1.29 is 34.0 Å². The number of pyridine rings is 1. The molecule has 0 fully saturated rings. The Balaban J connectivity index is 1.15. The summed E-state index contributed by atoms with van der Waals surface area (Å²) in [5, 5.41) is 1.99. The number of para-hydroxylation sites is 1. The van der Waals surface area contributed by atoms with Gasteiger partial charge in [0.05, 0.1) is 58.1 Å². The van der Waals surface area contributed by atoms with Gasteiger partial charge in [-0.25, -0.2) is 4.98 Å². The van der Waals surface area contributed by atoms with Crippen molar-refractivity contribution >= 4 is 32.8 Å². The molecule has 0 saturated heterocycles. The number of ether oxygens (including phenoxy) is 1. The maximum atomic E-state index is 10.5. The normalized spacial score (nSPS) is 15.2. The SMILES string of the molecule is [2H]c1c([2H])c([2H])c(-c2ccc3c(c2)n(-c2cccc(Oc4ccc5c6ccccc6n(-c6cc(C(C)(C)C)ccn6)c5c4)c2)[c-][n+]3-c2c(-c3cccc(C(C)(C)C)c3)cc(C(C)(C)C)cc2-c2c([2H])c(-c3c([2H])c([2H])c([2H])c([2H])c3[2H])c([2H])c(-c3c([2H])c([2H])c([2H])c([2H])c3[2H])c2[2H])c([2H])c1[2H]. The predicted octanol–water partition coefficient (Wildman–Crippen LogP) is 20.2. The van der Waals surface area contributed by atoms with E-state index in [-0.39, 0.29) is 33.4 Å². The molecule has 0 aliphatic rings. The van der Waals surface area contributed by atoms with Crippen LogP contribution in [0, 0.1) is 6.33 Å². The minimum Gasteiger partial charge on any atom is -0.458 e. The molecule has 0 aliphatic heterocycles. The molecule has 406 valence electrons. The van der Waals surface area contributed by atoms with E-state index in [4.69, 9.17) is 22.1 Å². The minimum atomic E-state index is -0.810. The molecule has 5 heteroatoms.